The number of nitrogen functional groups attached to an aromatic ring is 1. The molecule has 4 heterocycles. The van der Waals surface area contributed by atoms with Crippen molar-refractivity contribution in [2.75, 3.05) is 17.2 Å². The molecule has 37 heavy (non-hydrogen) atoms. The second kappa shape index (κ2) is 10.8. The Hall–Kier alpha value is -3.54. The van der Waals surface area contributed by atoms with E-state index in [4.69, 9.17) is 10.6 Å². The van der Waals surface area contributed by atoms with Crippen LogP contribution in [0, 0.1) is 0 Å². The van der Waals surface area contributed by atoms with Crippen molar-refractivity contribution in [3.63, 3.8) is 0 Å². The maximum Gasteiger partial charge on any atom is 0.352 e. The molecule has 0 aliphatic carbocycles. The predicted octanol–water partition coefficient (Wildman–Crippen LogP) is 1.29. The Bertz CT molecular complexity index is 1390. The van der Waals surface area contributed by atoms with Gasteiger partial charge in [0, 0.05) is 23.0 Å². The van der Waals surface area contributed by atoms with Crippen molar-refractivity contribution in [3.05, 3.63) is 52.9 Å². The third-order valence-corrected chi connectivity index (χ3v) is 8.93. The van der Waals surface area contributed by atoms with E-state index in [1.54, 1.807) is 35.8 Å². The number of amides is 2. The molecular formula is C20H16N8O5S4. The van der Waals surface area contributed by atoms with Gasteiger partial charge in [0.05, 0.1) is 0 Å². The lowest BCUT2D eigenvalue weighted by Gasteiger charge is -2.49. The third-order valence-electron chi connectivity index (χ3n) is 5.10. The van der Waals surface area contributed by atoms with Gasteiger partial charge in [-0.2, -0.15) is 9.36 Å². The summed E-state index contributed by atoms with van der Waals surface area (Å²) in [4.78, 5) is 48.8. The van der Waals surface area contributed by atoms with Crippen LogP contribution in [0.5, 0.6) is 5.75 Å². The lowest BCUT2D eigenvalue weighted by Crippen LogP contribution is -2.71. The highest BCUT2D eigenvalue weighted by Gasteiger charge is 2.54. The zero-order valence-corrected chi connectivity index (χ0v) is 21.8. The number of nitrogens with two attached hydrogens (primary N) is 1. The van der Waals surface area contributed by atoms with E-state index in [0.29, 0.717) is 27.2 Å². The van der Waals surface area contributed by atoms with Crippen molar-refractivity contribution in [2.24, 2.45) is 5.16 Å². The summed E-state index contributed by atoms with van der Waals surface area (Å²) in [6, 6.07) is 7.59. The average molecular weight is 577 g/mol. The molecule has 2 atom stereocenters. The molecule has 0 radical (unpaired) electrons. The molecule has 190 valence electrons. The Morgan fingerprint density at radius 3 is 2.81 bits per heavy atom. The monoisotopic (exact) mass is 576 g/mol. The maximum atomic E-state index is 13.1. The highest BCUT2D eigenvalue weighted by atomic mass is 32.2. The van der Waals surface area contributed by atoms with Gasteiger partial charge in [-0.05, 0) is 17.7 Å². The number of anilines is 1. The van der Waals surface area contributed by atoms with Crippen LogP contribution in [0.1, 0.15) is 5.82 Å². The lowest BCUT2D eigenvalue weighted by molar-refractivity contribution is -0.150. The van der Waals surface area contributed by atoms with Gasteiger partial charge in [0.25, 0.3) is 11.8 Å². The Kier molecular flexibility index (Phi) is 7.36. The first-order chi connectivity index (χ1) is 17.9. The summed E-state index contributed by atoms with van der Waals surface area (Å²) in [7, 11) is 0. The number of fused-ring (bicyclic) bond motifs is 1. The number of hydrogen-bond donors (Lipinski definition) is 3. The number of benzene rings is 1. The second-order valence-corrected chi connectivity index (χ2v) is 11.4. The van der Waals surface area contributed by atoms with E-state index in [1.165, 1.54) is 39.8 Å². The largest absolute Gasteiger partial charge is 0.477 e. The van der Waals surface area contributed by atoms with Crippen LogP contribution in [0.2, 0.25) is 0 Å². The van der Waals surface area contributed by atoms with Crippen LogP contribution in [-0.2, 0) is 14.4 Å². The zero-order chi connectivity index (χ0) is 25.9. The topological polar surface area (TPSA) is 186 Å². The van der Waals surface area contributed by atoms with Gasteiger partial charge in [-0.3, -0.25) is 14.5 Å². The van der Waals surface area contributed by atoms with Crippen LogP contribution < -0.4 is 15.9 Å². The molecule has 4 N–H and O–H groups in total. The van der Waals surface area contributed by atoms with Gasteiger partial charge >= 0.3 is 5.97 Å². The van der Waals surface area contributed by atoms with Crippen molar-refractivity contribution in [2.45, 2.75) is 15.8 Å². The van der Waals surface area contributed by atoms with Gasteiger partial charge in [-0.1, -0.05) is 46.5 Å². The second-order valence-electron chi connectivity index (χ2n) is 7.41. The van der Waals surface area contributed by atoms with Crippen molar-refractivity contribution in [1.82, 2.24) is 29.8 Å². The zero-order valence-electron chi connectivity index (χ0n) is 18.5. The average Bonchev–Trinajstić information content (AvgIpc) is 3.58. The highest BCUT2D eigenvalue weighted by Crippen LogP contribution is 2.41. The number of nitrogens with one attached hydrogen (secondary N) is 1. The van der Waals surface area contributed by atoms with Gasteiger partial charge in [0.1, 0.15) is 22.6 Å². The number of thioether (sulfide) groups is 2. The Labute approximate surface area is 225 Å². The van der Waals surface area contributed by atoms with Gasteiger partial charge in [0.15, 0.2) is 15.2 Å². The molecule has 2 unspecified atom stereocenters. The number of carboxylic acid groups (broad SMARTS) is 1. The number of carbonyl (C=O) groups is 3. The first-order valence-electron chi connectivity index (χ1n) is 10.4. The van der Waals surface area contributed by atoms with E-state index in [2.05, 4.69) is 30.0 Å². The molecule has 1 fully saturated rings. The molecule has 5 rings (SSSR count). The van der Waals surface area contributed by atoms with E-state index < -0.39 is 29.2 Å². The van der Waals surface area contributed by atoms with Crippen molar-refractivity contribution in [3.8, 4) is 5.75 Å². The van der Waals surface area contributed by atoms with Crippen molar-refractivity contribution < 1.29 is 24.3 Å². The van der Waals surface area contributed by atoms with Crippen LogP contribution in [0.15, 0.2) is 56.6 Å². The molecule has 0 bridgehead atoms. The van der Waals surface area contributed by atoms with E-state index in [1.807, 2.05) is 0 Å². The summed E-state index contributed by atoms with van der Waals surface area (Å²) in [5.41, 5.74) is 7.50. The molecule has 1 aromatic carbocycles. The summed E-state index contributed by atoms with van der Waals surface area (Å²) in [6.45, 7) is 0. The molecule has 13 nitrogen and oxygen atoms in total. The van der Waals surface area contributed by atoms with Gasteiger partial charge < -0.3 is 21.0 Å². The summed E-state index contributed by atoms with van der Waals surface area (Å²) in [5, 5.41) is 23.6. The maximum absolute atomic E-state index is 13.1. The first-order valence-corrected chi connectivity index (χ1v) is 14.1. The van der Waals surface area contributed by atoms with Crippen LogP contribution in [0.25, 0.3) is 0 Å². The van der Waals surface area contributed by atoms with Crippen LogP contribution in [0.3, 0.4) is 0 Å². The quantitative estimate of drug-likeness (QED) is 0.144. The Morgan fingerprint density at radius 1 is 1.32 bits per heavy atom. The fourth-order valence-corrected chi connectivity index (χ4v) is 6.88. The van der Waals surface area contributed by atoms with E-state index in [9.17, 15) is 19.5 Å². The van der Waals surface area contributed by atoms with Gasteiger partial charge in [0.2, 0.25) is 11.5 Å². The van der Waals surface area contributed by atoms with Crippen molar-refractivity contribution in [1.29, 1.82) is 0 Å². The summed E-state index contributed by atoms with van der Waals surface area (Å²) < 4.78 is 4.72. The van der Waals surface area contributed by atoms with E-state index >= 15 is 0 Å². The van der Waals surface area contributed by atoms with Crippen LogP contribution in [-0.4, -0.2) is 76.0 Å². The number of aromatic nitrogens is 4. The SMILES string of the molecule is Nc1nc(/C(=N\Oc2ccccc2)C(=O)NC2C(=O)N3C(C(=O)O)=C(CSc4nncs4)CSC23)ns1. The number of carboxylic acids is 1. The number of β-lactam (4-membered cyclic amide) rings is 1. The molecule has 2 aliphatic heterocycles. The van der Waals surface area contributed by atoms with E-state index in [-0.39, 0.29) is 22.4 Å². The number of oxime groups is 1. The smallest absolute Gasteiger partial charge is 0.352 e. The fourth-order valence-electron chi connectivity index (χ4n) is 3.47. The molecule has 2 amide bonds. The predicted molar refractivity (Wildman–Crippen MR) is 138 cm³/mol. The molecule has 1 saturated heterocycles. The normalized spacial score (nSPS) is 19.3. The standard InChI is InChI=1S/C20H16N8O5S4/c21-19-24-14(27-37-19)11(26-33-10-4-2-1-3-5-10)15(29)23-12-16(30)28-13(18(31)32)9(6-34-17(12)28)7-35-20-25-22-8-36-20/h1-5,8,12,17H,6-7H2,(H,23,29)(H,31,32)(H2,21,24,27)/b26-11+. The van der Waals surface area contributed by atoms with Gasteiger partial charge in [-0.25, -0.2) is 4.79 Å². The molecule has 0 spiro atoms. The summed E-state index contributed by atoms with van der Waals surface area (Å²) in [6.07, 6.45) is 0. The highest BCUT2D eigenvalue weighted by molar-refractivity contribution is 8.01. The number of hydrogen-bond acceptors (Lipinski definition) is 14. The fraction of sp³-hybridized carbons (Fsp3) is 0.200. The Balaban J connectivity index is 1.33. The number of rotatable bonds is 9. The minimum atomic E-state index is -1.21. The third kappa shape index (κ3) is 5.29. The molecule has 0 saturated carbocycles. The Morgan fingerprint density at radius 2 is 2.14 bits per heavy atom. The summed E-state index contributed by atoms with van der Waals surface area (Å²) >= 11 is 4.93. The lowest BCUT2D eigenvalue weighted by atomic mass is 10.0. The van der Waals surface area contributed by atoms with Gasteiger partial charge in [-0.15, -0.1) is 22.0 Å². The minimum absolute atomic E-state index is 0.0574. The first kappa shape index (κ1) is 25.1. The number of para-hydroxylation sites is 1. The van der Waals surface area contributed by atoms with Crippen LogP contribution >= 0.6 is 46.4 Å². The number of carbonyl (C=O) groups excluding carboxylic acids is 2. The minimum Gasteiger partial charge on any atom is -0.477 e. The molecule has 2 aliphatic rings. The molecule has 17 heteroatoms. The number of aliphatic carboxylic acids is 1. The van der Waals surface area contributed by atoms with E-state index in [0.717, 1.165) is 11.5 Å². The summed E-state index contributed by atoms with van der Waals surface area (Å²) in [5.74, 6) is -1.48. The molecular weight excluding hydrogens is 561 g/mol. The molecule has 3 aromatic rings. The molecule has 2 aromatic heterocycles. The van der Waals surface area contributed by atoms with Crippen LogP contribution in [0.4, 0.5) is 5.13 Å². The van der Waals surface area contributed by atoms with Crippen molar-refractivity contribution >= 4 is 75.0 Å². The number of nitrogens with zero attached hydrogens (tertiary/aromatic N) is 6.